The number of phenolic OH excluding ortho intramolecular Hbond substituents is 2. The molecule has 0 saturated carbocycles. The largest absolute Gasteiger partial charge is 0.504 e. The molecule has 0 aromatic heterocycles. The van der Waals surface area contributed by atoms with E-state index in [-0.39, 0.29) is 22.8 Å². The number of benzene rings is 1. The van der Waals surface area contributed by atoms with Gasteiger partial charge in [-0.05, 0) is 38.3 Å². The lowest BCUT2D eigenvalue weighted by molar-refractivity contribution is 0.337. The van der Waals surface area contributed by atoms with Gasteiger partial charge in [0.2, 0.25) is 0 Å². The molecule has 0 atom stereocenters. The van der Waals surface area contributed by atoms with E-state index >= 15 is 0 Å². The smallest absolute Gasteiger partial charge is 0.172 e. The van der Waals surface area contributed by atoms with Gasteiger partial charge in [-0.25, -0.2) is 4.39 Å². The highest BCUT2D eigenvalue weighted by atomic mass is 19.1. The average molecular weight is 255 g/mol. The third-order valence-electron chi connectivity index (χ3n) is 3.45. The fraction of sp³-hybridized carbons (Fsp3) is 0.538. The first-order valence-electron chi connectivity index (χ1n) is 6.11. The highest BCUT2D eigenvalue weighted by Crippen LogP contribution is 2.38. The Morgan fingerprint density at radius 2 is 2.06 bits per heavy atom. The van der Waals surface area contributed by atoms with Gasteiger partial charge in [-0.3, -0.25) is 0 Å². The van der Waals surface area contributed by atoms with Crippen LogP contribution in [0.15, 0.2) is 6.07 Å². The molecule has 0 aliphatic carbocycles. The van der Waals surface area contributed by atoms with E-state index in [9.17, 15) is 14.6 Å². The van der Waals surface area contributed by atoms with Crippen LogP contribution in [0.2, 0.25) is 0 Å². The Balaban J connectivity index is 2.27. The van der Waals surface area contributed by atoms with Gasteiger partial charge in [-0.15, -0.1) is 0 Å². The minimum absolute atomic E-state index is 0.0331. The number of piperidine rings is 1. The Labute approximate surface area is 105 Å². The van der Waals surface area contributed by atoms with E-state index < -0.39 is 5.82 Å². The van der Waals surface area contributed by atoms with Gasteiger partial charge in [0.1, 0.15) is 0 Å². The Kier molecular flexibility index (Phi) is 3.91. The Morgan fingerprint density at radius 1 is 1.39 bits per heavy atom. The highest BCUT2D eigenvalue weighted by molar-refractivity contribution is 5.51. The van der Waals surface area contributed by atoms with Gasteiger partial charge >= 0.3 is 0 Å². The summed E-state index contributed by atoms with van der Waals surface area (Å²) in [5.74, 6) is -0.997. The lowest BCUT2D eigenvalue weighted by Gasteiger charge is -2.23. The van der Waals surface area contributed by atoms with Crippen molar-refractivity contribution in [3.63, 3.8) is 0 Å². The summed E-state index contributed by atoms with van der Waals surface area (Å²) in [6, 6.07) is 1.09. The number of rotatable bonds is 3. The number of hydrogen-bond donors (Lipinski definition) is 3. The Morgan fingerprint density at radius 3 is 2.67 bits per heavy atom. The second kappa shape index (κ2) is 5.44. The normalized spacial score (nSPS) is 16.8. The molecular formula is C13H18FNO3. The van der Waals surface area contributed by atoms with E-state index in [1.54, 1.807) is 0 Å². The molecule has 1 aliphatic rings. The Hall–Kier alpha value is -1.49. The van der Waals surface area contributed by atoms with Crippen molar-refractivity contribution in [2.45, 2.75) is 19.3 Å². The lowest BCUT2D eigenvalue weighted by atomic mass is 9.90. The minimum Gasteiger partial charge on any atom is -0.504 e. The molecule has 0 radical (unpaired) electrons. The van der Waals surface area contributed by atoms with Crippen molar-refractivity contribution in [3.8, 4) is 17.2 Å². The molecule has 1 aromatic rings. The fourth-order valence-corrected chi connectivity index (χ4v) is 2.37. The molecule has 0 bridgehead atoms. The second-order valence-electron chi connectivity index (χ2n) is 4.64. The number of aromatic hydroxyl groups is 2. The topological polar surface area (TPSA) is 61.7 Å². The fourth-order valence-electron chi connectivity index (χ4n) is 2.37. The van der Waals surface area contributed by atoms with Crippen LogP contribution in [-0.2, 0) is 6.42 Å². The summed E-state index contributed by atoms with van der Waals surface area (Å²) in [4.78, 5) is 0. The van der Waals surface area contributed by atoms with E-state index in [2.05, 4.69) is 5.32 Å². The van der Waals surface area contributed by atoms with Gasteiger partial charge in [0.25, 0.3) is 0 Å². The SMILES string of the molecule is COc1cc(O)c(O)c(CC2CCNCC2)c1F. The first-order chi connectivity index (χ1) is 8.63. The maximum atomic E-state index is 14.1. The number of halogens is 1. The van der Waals surface area contributed by atoms with Crippen LogP contribution in [0.25, 0.3) is 0 Å². The molecule has 1 aromatic carbocycles. The zero-order valence-corrected chi connectivity index (χ0v) is 10.4. The van der Waals surface area contributed by atoms with Gasteiger partial charge in [0.15, 0.2) is 23.1 Å². The van der Waals surface area contributed by atoms with Gasteiger partial charge in [-0.1, -0.05) is 0 Å². The molecule has 0 unspecified atom stereocenters. The molecular weight excluding hydrogens is 237 g/mol. The first kappa shape index (κ1) is 13.0. The minimum atomic E-state index is -0.577. The summed E-state index contributed by atoms with van der Waals surface area (Å²) < 4.78 is 18.9. The molecule has 2 rings (SSSR count). The summed E-state index contributed by atoms with van der Waals surface area (Å²) in [7, 11) is 1.34. The summed E-state index contributed by atoms with van der Waals surface area (Å²) in [6.45, 7) is 1.81. The molecule has 1 aliphatic heterocycles. The van der Waals surface area contributed by atoms with Crippen molar-refractivity contribution in [2.75, 3.05) is 20.2 Å². The summed E-state index contributed by atoms with van der Waals surface area (Å²) >= 11 is 0. The predicted molar refractivity (Wildman–Crippen MR) is 65.6 cm³/mol. The van der Waals surface area contributed by atoms with Crippen LogP contribution in [0.5, 0.6) is 17.2 Å². The molecule has 1 fully saturated rings. The van der Waals surface area contributed by atoms with Gasteiger partial charge in [-0.2, -0.15) is 0 Å². The molecule has 0 amide bonds. The zero-order chi connectivity index (χ0) is 13.1. The van der Waals surface area contributed by atoms with Gasteiger partial charge in [0.05, 0.1) is 7.11 Å². The first-order valence-corrected chi connectivity index (χ1v) is 6.11. The third-order valence-corrected chi connectivity index (χ3v) is 3.45. The number of methoxy groups -OCH3 is 1. The van der Waals surface area contributed by atoms with Gasteiger partial charge in [0, 0.05) is 11.6 Å². The van der Waals surface area contributed by atoms with Crippen LogP contribution in [0.3, 0.4) is 0 Å². The van der Waals surface area contributed by atoms with Crippen molar-refractivity contribution in [3.05, 3.63) is 17.4 Å². The van der Waals surface area contributed by atoms with Crippen LogP contribution >= 0.6 is 0 Å². The molecule has 3 N–H and O–H groups in total. The van der Waals surface area contributed by atoms with E-state index in [1.807, 2.05) is 0 Å². The standard InChI is InChI=1S/C13H18FNO3/c1-18-11-7-10(16)13(17)9(12(11)14)6-8-2-4-15-5-3-8/h7-8,15-17H,2-6H2,1H3. The molecule has 100 valence electrons. The third kappa shape index (κ3) is 2.51. The monoisotopic (exact) mass is 255 g/mol. The van der Waals surface area contributed by atoms with Crippen LogP contribution in [0, 0.1) is 11.7 Å². The predicted octanol–water partition coefficient (Wildman–Crippen LogP) is 1.79. The summed E-state index contributed by atoms with van der Waals surface area (Å²) in [6.07, 6.45) is 2.30. The molecule has 5 heteroatoms. The number of ether oxygens (including phenoxy) is 1. The van der Waals surface area contributed by atoms with Crippen LogP contribution in [-0.4, -0.2) is 30.4 Å². The van der Waals surface area contributed by atoms with Crippen molar-refractivity contribution >= 4 is 0 Å². The molecule has 0 spiro atoms. The quantitative estimate of drug-likeness (QED) is 0.721. The molecule has 1 saturated heterocycles. The molecule has 18 heavy (non-hydrogen) atoms. The van der Waals surface area contributed by atoms with Crippen molar-refractivity contribution in [2.24, 2.45) is 5.92 Å². The second-order valence-corrected chi connectivity index (χ2v) is 4.64. The number of nitrogens with one attached hydrogen (secondary N) is 1. The maximum Gasteiger partial charge on any atom is 0.172 e. The van der Waals surface area contributed by atoms with E-state index in [1.165, 1.54) is 7.11 Å². The van der Waals surface area contributed by atoms with E-state index in [4.69, 9.17) is 4.74 Å². The van der Waals surface area contributed by atoms with Crippen molar-refractivity contribution < 1.29 is 19.3 Å². The molecule has 1 heterocycles. The van der Waals surface area contributed by atoms with E-state index in [0.29, 0.717) is 12.3 Å². The lowest BCUT2D eigenvalue weighted by Crippen LogP contribution is -2.28. The summed E-state index contributed by atoms with van der Waals surface area (Å²) in [5.41, 5.74) is 0.152. The molecule has 4 nitrogen and oxygen atoms in total. The van der Waals surface area contributed by atoms with Gasteiger partial charge < -0.3 is 20.3 Å². The maximum absolute atomic E-state index is 14.1. The zero-order valence-electron chi connectivity index (χ0n) is 10.4. The van der Waals surface area contributed by atoms with Crippen LogP contribution < -0.4 is 10.1 Å². The van der Waals surface area contributed by atoms with E-state index in [0.717, 1.165) is 32.0 Å². The average Bonchev–Trinajstić information content (AvgIpc) is 2.40. The van der Waals surface area contributed by atoms with Crippen LogP contribution in [0.4, 0.5) is 4.39 Å². The van der Waals surface area contributed by atoms with Crippen molar-refractivity contribution in [1.29, 1.82) is 0 Å². The number of phenols is 2. The number of hydrogen-bond acceptors (Lipinski definition) is 4. The van der Waals surface area contributed by atoms with Crippen molar-refractivity contribution in [1.82, 2.24) is 5.32 Å². The summed E-state index contributed by atoms with van der Waals surface area (Å²) in [5, 5.41) is 22.6. The Bertz CT molecular complexity index is 431. The van der Waals surface area contributed by atoms with Crippen LogP contribution in [0.1, 0.15) is 18.4 Å². The highest BCUT2D eigenvalue weighted by Gasteiger charge is 2.22.